The molecule has 0 aromatic carbocycles. The molecule has 0 aliphatic heterocycles. The molecule has 0 saturated heterocycles. The molecule has 0 aliphatic rings. The van der Waals surface area contributed by atoms with Gasteiger partial charge in [0, 0.05) is 6.04 Å². The zero-order chi connectivity index (χ0) is 13.2. The molecule has 0 rings (SSSR count). The van der Waals surface area contributed by atoms with Gasteiger partial charge >= 0.3 is 0 Å². The molecule has 2 nitrogen and oxygen atoms in total. The van der Waals surface area contributed by atoms with E-state index in [2.05, 4.69) is 20.4 Å². The smallest absolute Gasteiger partial charge is 0.100 e. The van der Waals surface area contributed by atoms with Gasteiger partial charge in [0.25, 0.3) is 0 Å². The number of ether oxygens (including phenoxy) is 1. The van der Waals surface area contributed by atoms with Crippen LogP contribution in [0.1, 0.15) is 67.2 Å². The molecule has 0 saturated carbocycles. The zero-order valence-electron chi connectivity index (χ0n) is 12.1. The van der Waals surface area contributed by atoms with Gasteiger partial charge in [0.1, 0.15) is 5.60 Å². The van der Waals surface area contributed by atoms with E-state index in [4.69, 9.17) is 10.5 Å². The number of hydrogen-bond donors (Lipinski definition) is 1. The summed E-state index contributed by atoms with van der Waals surface area (Å²) >= 11 is 0. The third kappa shape index (κ3) is 19.1. The number of allylic oxidation sites excluding steroid dienone is 1. The Hall–Kier alpha value is -0.500. The fraction of sp³-hybridized carbons (Fsp3) is 0.857. The van der Waals surface area contributed by atoms with Gasteiger partial charge in [0.05, 0.1) is 5.76 Å². The van der Waals surface area contributed by atoms with Crippen molar-refractivity contribution in [1.29, 1.82) is 0 Å². The van der Waals surface area contributed by atoms with Crippen molar-refractivity contribution < 1.29 is 4.74 Å². The van der Waals surface area contributed by atoms with Crippen LogP contribution in [0.2, 0.25) is 0 Å². The molecule has 98 valence electrons. The number of rotatable bonds is 5. The molecule has 0 aliphatic carbocycles. The minimum absolute atomic E-state index is 0.0775. The maximum atomic E-state index is 5.66. The maximum Gasteiger partial charge on any atom is 0.100 e. The number of unbranched alkanes of at least 4 members (excludes halogenated alkanes) is 1. The van der Waals surface area contributed by atoms with E-state index in [0.29, 0.717) is 6.04 Å². The van der Waals surface area contributed by atoms with Gasteiger partial charge in [0.2, 0.25) is 0 Å². The SMILES string of the molecule is C=C(C)OC(C)(C)C.CCCCC(N)CC. The van der Waals surface area contributed by atoms with E-state index in [1.165, 1.54) is 19.3 Å². The molecule has 2 heteroatoms. The van der Waals surface area contributed by atoms with Crippen LogP contribution in [0.5, 0.6) is 0 Å². The quantitative estimate of drug-likeness (QED) is 0.715. The molecule has 1 atom stereocenters. The Morgan fingerprint density at radius 3 is 2.00 bits per heavy atom. The fourth-order valence-electron chi connectivity index (χ4n) is 1.19. The first-order chi connectivity index (χ1) is 7.22. The second kappa shape index (κ2) is 9.71. The van der Waals surface area contributed by atoms with Crippen LogP contribution < -0.4 is 5.73 Å². The average molecular weight is 229 g/mol. The number of hydrogen-bond acceptors (Lipinski definition) is 2. The minimum atomic E-state index is -0.0775. The molecule has 16 heavy (non-hydrogen) atoms. The van der Waals surface area contributed by atoms with Crippen molar-refractivity contribution in [1.82, 2.24) is 0 Å². The van der Waals surface area contributed by atoms with Crippen LogP contribution in [-0.4, -0.2) is 11.6 Å². The van der Waals surface area contributed by atoms with Crippen molar-refractivity contribution in [2.24, 2.45) is 5.73 Å². The van der Waals surface area contributed by atoms with Crippen LogP contribution in [0.3, 0.4) is 0 Å². The van der Waals surface area contributed by atoms with Crippen LogP contribution in [0, 0.1) is 0 Å². The largest absolute Gasteiger partial charge is 0.493 e. The first kappa shape index (κ1) is 17.9. The van der Waals surface area contributed by atoms with Crippen LogP contribution >= 0.6 is 0 Å². The average Bonchev–Trinajstić information content (AvgIpc) is 2.11. The summed E-state index contributed by atoms with van der Waals surface area (Å²) < 4.78 is 5.24. The zero-order valence-corrected chi connectivity index (χ0v) is 12.1. The summed E-state index contributed by atoms with van der Waals surface area (Å²) in [5, 5.41) is 0. The third-order valence-corrected chi connectivity index (χ3v) is 1.93. The monoisotopic (exact) mass is 229 g/mol. The van der Waals surface area contributed by atoms with Gasteiger partial charge in [-0.25, -0.2) is 0 Å². The lowest BCUT2D eigenvalue weighted by molar-refractivity contribution is 0.0544. The molecule has 2 N–H and O–H groups in total. The van der Waals surface area contributed by atoms with Crippen LogP contribution in [0.15, 0.2) is 12.3 Å². The van der Waals surface area contributed by atoms with E-state index in [0.717, 1.165) is 12.2 Å². The van der Waals surface area contributed by atoms with Gasteiger partial charge in [-0.05, 0) is 40.5 Å². The second-order valence-corrected chi connectivity index (χ2v) is 5.23. The Morgan fingerprint density at radius 1 is 1.31 bits per heavy atom. The summed E-state index contributed by atoms with van der Waals surface area (Å²) in [4.78, 5) is 0. The van der Waals surface area contributed by atoms with Crippen molar-refractivity contribution in [2.45, 2.75) is 78.9 Å². The summed E-state index contributed by atoms with van der Waals surface area (Å²) in [6, 6.07) is 0.454. The molecule has 1 unspecified atom stereocenters. The van der Waals surface area contributed by atoms with Gasteiger partial charge in [-0.2, -0.15) is 0 Å². The van der Waals surface area contributed by atoms with Crippen molar-refractivity contribution >= 4 is 0 Å². The molecule has 0 aromatic rings. The minimum Gasteiger partial charge on any atom is -0.493 e. The van der Waals surface area contributed by atoms with Gasteiger partial charge in [-0.1, -0.05) is 33.3 Å². The van der Waals surface area contributed by atoms with Crippen LogP contribution in [0.4, 0.5) is 0 Å². The van der Waals surface area contributed by atoms with E-state index in [1.54, 1.807) is 0 Å². The fourth-order valence-corrected chi connectivity index (χ4v) is 1.19. The Balaban J connectivity index is 0. The highest BCUT2D eigenvalue weighted by Gasteiger charge is 2.08. The molecule has 0 bridgehead atoms. The van der Waals surface area contributed by atoms with E-state index >= 15 is 0 Å². The molecule has 0 amide bonds. The highest BCUT2D eigenvalue weighted by atomic mass is 16.5. The van der Waals surface area contributed by atoms with Gasteiger partial charge in [-0.15, -0.1) is 0 Å². The molecular formula is C14H31NO. The molecular weight excluding hydrogens is 198 g/mol. The Morgan fingerprint density at radius 2 is 1.81 bits per heavy atom. The van der Waals surface area contributed by atoms with E-state index in [1.807, 2.05) is 27.7 Å². The lowest BCUT2D eigenvalue weighted by Crippen LogP contribution is -2.17. The van der Waals surface area contributed by atoms with E-state index in [9.17, 15) is 0 Å². The Labute approximate surface area is 102 Å². The van der Waals surface area contributed by atoms with Crippen molar-refractivity contribution in [3.63, 3.8) is 0 Å². The maximum absolute atomic E-state index is 5.66. The van der Waals surface area contributed by atoms with Gasteiger partial charge in [-0.3, -0.25) is 0 Å². The molecule has 0 radical (unpaired) electrons. The Kier molecular flexibility index (Phi) is 10.8. The molecule has 0 fully saturated rings. The summed E-state index contributed by atoms with van der Waals surface area (Å²) in [7, 11) is 0. The highest BCUT2D eigenvalue weighted by Crippen LogP contribution is 2.10. The Bertz CT molecular complexity index is 170. The highest BCUT2D eigenvalue weighted by molar-refractivity contribution is 4.78. The van der Waals surface area contributed by atoms with E-state index < -0.39 is 0 Å². The third-order valence-electron chi connectivity index (χ3n) is 1.93. The van der Waals surface area contributed by atoms with Crippen molar-refractivity contribution in [3.05, 3.63) is 12.3 Å². The van der Waals surface area contributed by atoms with Gasteiger partial charge in [0.15, 0.2) is 0 Å². The summed E-state index contributed by atoms with van der Waals surface area (Å²) in [5.74, 6) is 0.775. The van der Waals surface area contributed by atoms with Crippen molar-refractivity contribution in [3.8, 4) is 0 Å². The topological polar surface area (TPSA) is 35.2 Å². The predicted octanol–water partition coefficient (Wildman–Crippen LogP) is 4.25. The first-order valence-corrected chi connectivity index (χ1v) is 6.33. The molecule has 0 spiro atoms. The first-order valence-electron chi connectivity index (χ1n) is 6.33. The second-order valence-electron chi connectivity index (χ2n) is 5.23. The van der Waals surface area contributed by atoms with Crippen LogP contribution in [0.25, 0.3) is 0 Å². The van der Waals surface area contributed by atoms with Gasteiger partial charge < -0.3 is 10.5 Å². The summed E-state index contributed by atoms with van der Waals surface area (Å²) in [6.07, 6.45) is 4.88. The standard InChI is InChI=1S/C7H17N.C7H14O/c1-3-5-6-7(8)4-2;1-6(2)8-7(3,4)5/h7H,3-6,8H2,1-2H3;1H2,2-5H3. The molecule has 0 aromatic heterocycles. The predicted molar refractivity (Wildman–Crippen MR) is 73.4 cm³/mol. The normalized spacial score (nSPS) is 12.4. The molecule has 0 heterocycles. The lowest BCUT2D eigenvalue weighted by Gasteiger charge is -2.20. The van der Waals surface area contributed by atoms with Crippen LogP contribution in [-0.2, 0) is 4.74 Å². The van der Waals surface area contributed by atoms with Crippen molar-refractivity contribution in [2.75, 3.05) is 0 Å². The van der Waals surface area contributed by atoms with E-state index in [-0.39, 0.29) is 5.60 Å². The summed E-state index contributed by atoms with van der Waals surface area (Å²) in [5.41, 5.74) is 5.58. The summed E-state index contributed by atoms with van der Waals surface area (Å²) in [6.45, 7) is 15.8. The number of nitrogens with two attached hydrogens (primary N) is 1. The lowest BCUT2D eigenvalue weighted by atomic mass is 10.1.